The van der Waals surface area contributed by atoms with E-state index in [1.165, 1.54) is 12.1 Å². The van der Waals surface area contributed by atoms with E-state index >= 15 is 0 Å². The predicted octanol–water partition coefficient (Wildman–Crippen LogP) is 3.14. The summed E-state index contributed by atoms with van der Waals surface area (Å²) in [5.74, 6) is -0.562. The van der Waals surface area contributed by atoms with Crippen molar-refractivity contribution >= 4 is 10.8 Å². The van der Waals surface area contributed by atoms with Crippen LogP contribution in [0, 0.1) is 0 Å². The van der Waals surface area contributed by atoms with Crippen molar-refractivity contribution in [2.24, 2.45) is 0 Å². The van der Waals surface area contributed by atoms with Crippen molar-refractivity contribution in [2.75, 3.05) is 0 Å². The lowest BCUT2D eigenvalue weighted by molar-refractivity contribution is -0.206. The molecule has 1 atom stereocenters. The lowest BCUT2D eigenvalue weighted by Gasteiger charge is -2.18. The summed E-state index contributed by atoms with van der Waals surface area (Å²) in [6, 6.07) is 8.90. The third kappa shape index (κ3) is 2.06. The van der Waals surface area contributed by atoms with Gasteiger partial charge in [0.1, 0.15) is 5.75 Å². The molecule has 0 spiro atoms. The average Bonchev–Trinajstić information content (AvgIpc) is 2.27. The molecule has 0 unspecified atom stereocenters. The normalized spacial score (nSPS) is 13.9. The second-order valence-corrected chi connectivity index (χ2v) is 3.66. The van der Waals surface area contributed by atoms with Gasteiger partial charge in [0.2, 0.25) is 0 Å². The molecule has 2 N–H and O–H groups in total. The molecule has 17 heavy (non-hydrogen) atoms. The van der Waals surface area contributed by atoms with E-state index in [2.05, 4.69) is 0 Å². The van der Waals surface area contributed by atoms with E-state index in [9.17, 15) is 23.4 Å². The SMILES string of the molecule is Oc1ccc2ccccc2c1[C@@H](O)C(F)(F)F. The second kappa shape index (κ2) is 3.92. The molecule has 0 heterocycles. The molecule has 2 aromatic carbocycles. The van der Waals surface area contributed by atoms with E-state index in [1.54, 1.807) is 18.2 Å². The Bertz CT molecular complexity index is 549. The van der Waals surface area contributed by atoms with Crippen LogP contribution in [0.25, 0.3) is 10.8 Å². The highest BCUT2D eigenvalue weighted by atomic mass is 19.4. The molecule has 5 heteroatoms. The van der Waals surface area contributed by atoms with Crippen LogP contribution in [0.5, 0.6) is 5.75 Å². The van der Waals surface area contributed by atoms with Gasteiger partial charge < -0.3 is 10.2 Å². The van der Waals surface area contributed by atoms with Crippen LogP contribution in [0.4, 0.5) is 13.2 Å². The Morgan fingerprint density at radius 1 is 1.00 bits per heavy atom. The van der Waals surface area contributed by atoms with Gasteiger partial charge in [-0.1, -0.05) is 30.3 Å². The third-order valence-corrected chi connectivity index (χ3v) is 2.53. The fraction of sp³-hybridized carbons (Fsp3) is 0.167. The van der Waals surface area contributed by atoms with Crippen molar-refractivity contribution in [1.29, 1.82) is 0 Å². The first-order valence-electron chi connectivity index (χ1n) is 4.86. The Balaban J connectivity index is 2.71. The van der Waals surface area contributed by atoms with Crippen LogP contribution in [-0.4, -0.2) is 16.4 Å². The molecule has 0 radical (unpaired) electrons. The van der Waals surface area contributed by atoms with Gasteiger partial charge in [-0.25, -0.2) is 0 Å². The van der Waals surface area contributed by atoms with E-state index in [0.29, 0.717) is 5.39 Å². The van der Waals surface area contributed by atoms with E-state index in [4.69, 9.17) is 0 Å². The van der Waals surface area contributed by atoms with E-state index in [0.717, 1.165) is 6.07 Å². The average molecular weight is 242 g/mol. The molecule has 2 aromatic rings. The fourth-order valence-electron chi connectivity index (χ4n) is 1.74. The number of phenols is 1. The molecular weight excluding hydrogens is 233 g/mol. The predicted molar refractivity (Wildman–Crippen MR) is 56.6 cm³/mol. The van der Waals surface area contributed by atoms with Crippen molar-refractivity contribution in [3.8, 4) is 5.75 Å². The van der Waals surface area contributed by atoms with Gasteiger partial charge >= 0.3 is 6.18 Å². The van der Waals surface area contributed by atoms with Crippen LogP contribution in [0.3, 0.4) is 0 Å². The van der Waals surface area contributed by atoms with Crippen LogP contribution >= 0.6 is 0 Å². The summed E-state index contributed by atoms with van der Waals surface area (Å²) in [7, 11) is 0. The Hall–Kier alpha value is -1.75. The maximum Gasteiger partial charge on any atom is 0.418 e. The smallest absolute Gasteiger partial charge is 0.418 e. The Labute approximate surface area is 94.9 Å². The minimum Gasteiger partial charge on any atom is -0.508 e. The van der Waals surface area contributed by atoms with Crippen molar-refractivity contribution < 1.29 is 23.4 Å². The molecule has 0 aliphatic heterocycles. The number of halogens is 3. The lowest BCUT2D eigenvalue weighted by Crippen LogP contribution is -2.20. The Kier molecular flexibility index (Phi) is 2.71. The quantitative estimate of drug-likeness (QED) is 0.806. The van der Waals surface area contributed by atoms with Crippen LogP contribution in [-0.2, 0) is 0 Å². The van der Waals surface area contributed by atoms with Gasteiger partial charge in [-0.05, 0) is 16.8 Å². The van der Waals surface area contributed by atoms with Crippen molar-refractivity contribution in [3.05, 3.63) is 42.0 Å². The number of hydrogen-bond donors (Lipinski definition) is 2. The highest BCUT2D eigenvalue weighted by Crippen LogP contribution is 2.40. The summed E-state index contributed by atoms with van der Waals surface area (Å²) in [4.78, 5) is 0. The van der Waals surface area contributed by atoms with Gasteiger partial charge in [0.25, 0.3) is 0 Å². The number of fused-ring (bicyclic) bond motifs is 1. The summed E-state index contributed by atoms with van der Waals surface area (Å²) in [6.45, 7) is 0. The number of hydrogen-bond acceptors (Lipinski definition) is 2. The first-order valence-corrected chi connectivity index (χ1v) is 4.86. The van der Waals surface area contributed by atoms with E-state index in [1.807, 2.05) is 0 Å². The van der Waals surface area contributed by atoms with Crippen LogP contribution < -0.4 is 0 Å². The van der Waals surface area contributed by atoms with Gasteiger partial charge in [0, 0.05) is 5.56 Å². The van der Waals surface area contributed by atoms with Gasteiger partial charge in [0.05, 0.1) is 0 Å². The number of aliphatic hydroxyl groups is 1. The highest BCUT2D eigenvalue weighted by Gasteiger charge is 2.41. The monoisotopic (exact) mass is 242 g/mol. The van der Waals surface area contributed by atoms with Gasteiger partial charge in [0.15, 0.2) is 6.10 Å². The summed E-state index contributed by atoms with van der Waals surface area (Å²) >= 11 is 0. The minimum absolute atomic E-state index is 0.192. The van der Waals surface area contributed by atoms with Crippen molar-refractivity contribution in [3.63, 3.8) is 0 Å². The zero-order valence-corrected chi connectivity index (χ0v) is 8.57. The summed E-state index contributed by atoms with van der Waals surface area (Å²) in [5, 5.41) is 19.5. The molecular formula is C12H9F3O2. The number of alkyl halides is 3. The summed E-state index contributed by atoms with van der Waals surface area (Å²) in [5.41, 5.74) is -0.504. The number of benzene rings is 2. The molecule has 0 saturated heterocycles. The number of phenolic OH excluding ortho intramolecular Hbond substituents is 1. The maximum absolute atomic E-state index is 12.5. The fourth-order valence-corrected chi connectivity index (χ4v) is 1.74. The van der Waals surface area contributed by atoms with E-state index in [-0.39, 0.29) is 5.39 Å². The molecule has 0 amide bonds. The topological polar surface area (TPSA) is 40.5 Å². The summed E-state index contributed by atoms with van der Waals surface area (Å²) in [6.07, 6.45) is -7.49. The number of aromatic hydroxyl groups is 1. The number of aliphatic hydroxyl groups excluding tert-OH is 1. The second-order valence-electron chi connectivity index (χ2n) is 3.66. The molecule has 90 valence electrons. The van der Waals surface area contributed by atoms with E-state index < -0.39 is 23.6 Å². The molecule has 2 rings (SSSR count). The first-order chi connectivity index (χ1) is 7.91. The Morgan fingerprint density at radius 3 is 2.29 bits per heavy atom. The molecule has 0 bridgehead atoms. The Morgan fingerprint density at radius 2 is 1.65 bits per heavy atom. The van der Waals surface area contributed by atoms with Gasteiger partial charge in [-0.2, -0.15) is 13.2 Å². The van der Waals surface area contributed by atoms with Crippen molar-refractivity contribution in [1.82, 2.24) is 0 Å². The first kappa shape index (κ1) is 11.7. The van der Waals surface area contributed by atoms with Crippen LogP contribution in [0.2, 0.25) is 0 Å². The van der Waals surface area contributed by atoms with Gasteiger partial charge in [-0.3, -0.25) is 0 Å². The lowest BCUT2D eigenvalue weighted by atomic mass is 9.99. The molecule has 0 saturated carbocycles. The maximum atomic E-state index is 12.5. The zero-order chi connectivity index (χ0) is 12.6. The zero-order valence-electron chi connectivity index (χ0n) is 8.57. The number of rotatable bonds is 1. The van der Waals surface area contributed by atoms with Crippen LogP contribution in [0.15, 0.2) is 36.4 Å². The molecule has 0 fully saturated rings. The molecule has 0 aliphatic rings. The van der Waals surface area contributed by atoms with Crippen molar-refractivity contribution in [2.45, 2.75) is 12.3 Å². The van der Waals surface area contributed by atoms with Crippen LogP contribution in [0.1, 0.15) is 11.7 Å². The largest absolute Gasteiger partial charge is 0.508 e. The standard InChI is InChI=1S/C12H9F3O2/c13-12(14,15)11(17)10-8-4-2-1-3-7(8)5-6-9(10)16/h1-6,11,16-17H/t11-/m1/s1. The highest BCUT2D eigenvalue weighted by molar-refractivity contribution is 5.88. The minimum atomic E-state index is -4.80. The third-order valence-electron chi connectivity index (χ3n) is 2.53. The molecule has 0 aromatic heterocycles. The van der Waals surface area contributed by atoms with Gasteiger partial charge in [-0.15, -0.1) is 0 Å². The molecule has 2 nitrogen and oxygen atoms in total. The summed E-state index contributed by atoms with van der Waals surface area (Å²) < 4.78 is 37.4. The molecule has 0 aliphatic carbocycles.